The van der Waals surface area contributed by atoms with Crippen LogP contribution in [0.2, 0.25) is 0 Å². The maximum atomic E-state index is 8.76. The summed E-state index contributed by atoms with van der Waals surface area (Å²) >= 11 is 0. The molecule has 19 heavy (non-hydrogen) atoms. The van der Waals surface area contributed by atoms with E-state index in [1.165, 1.54) is 0 Å². The Morgan fingerprint density at radius 1 is 1.68 bits per heavy atom. The van der Waals surface area contributed by atoms with Crippen LogP contribution in [0, 0.1) is 5.92 Å². The number of likely N-dealkylation sites (tertiary alicyclic amines) is 1. The van der Waals surface area contributed by atoms with Gasteiger partial charge in [0, 0.05) is 30.8 Å². The van der Waals surface area contributed by atoms with Gasteiger partial charge in [-0.15, -0.1) is 0 Å². The van der Waals surface area contributed by atoms with Crippen molar-refractivity contribution in [2.45, 2.75) is 19.4 Å². The molecule has 2 rings (SSSR count). The van der Waals surface area contributed by atoms with Gasteiger partial charge in [-0.2, -0.15) is 0 Å². The third-order valence-electron chi connectivity index (χ3n) is 3.48. The minimum Gasteiger partial charge on any atom is -0.481 e. The molecule has 1 unspecified atom stereocenters. The Hall–Kier alpha value is -1.82. The number of oxime groups is 1. The number of aromatic nitrogens is 1. The molecule has 0 aliphatic carbocycles. The number of hydrogen-bond acceptors (Lipinski definition) is 5. The van der Waals surface area contributed by atoms with E-state index < -0.39 is 0 Å². The predicted octanol–water partition coefficient (Wildman–Crippen LogP) is 1.05. The summed E-state index contributed by atoms with van der Waals surface area (Å²) in [5, 5.41) is 11.9. The lowest BCUT2D eigenvalue weighted by Gasteiger charge is -2.32. The number of amidine groups is 1. The van der Waals surface area contributed by atoms with Gasteiger partial charge in [-0.1, -0.05) is 11.2 Å². The number of nitrogens with two attached hydrogens (primary N) is 1. The Balaban J connectivity index is 2.02. The summed E-state index contributed by atoms with van der Waals surface area (Å²) in [5.41, 5.74) is 6.76. The number of nitrogens with zero attached hydrogens (tertiary/aromatic N) is 3. The molecule has 1 saturated heterocycles. The third-order valence-corrected chi connectivity index (χ3v) is 3.48. The molecule has 1 atom stereocenters. The van der Waals surface area contributed by atoms with Crippen LogP contribution in [-0.4, -0.2) is 41.1 Å². The van der Waals surface area contributed by atoms with Gasteiger partial charge in [0.2, 0.25) is 5.88 Å². The highest BCUT2D eigenvalue weighted by Gasteiger charge is 2.23. The Kier molecular flexibility index (Phi) is 4.57. The SMILES string of the molecule is COc1ncccc1CN1CCCC(C(N)=NO)C1. The van der Waals surface area contributed by atoms with Gasteiger partial charge >= 0.3 is 0 Å². The molecule has 1 fully saturated rings. The van der Waals surface area contributed by atoms with Crippen LogP contribution in [0.5, 0.6) is 5.88 Å². The molecule has 3 N–H and O–H groups in total. The smallest absolute Gasteiger partial charge is 0.217 e. The average molecular weight is 264 g/mol. The topological polar surface area (TPSA) is 84.0 Å². The van der Waals surface area contributed by atoms with E-state index in [9.17, 15) is 0 Å². The molecule has 6 nitrogen and oxygen atoms in total. The fourth-order valence-corrected chi connectivity index (χ4v) is 2.49. The van der Waals surface area contributed by atoms with Crippen LogP contribution in [0.15, 0.2) is 23.5 Å². The molecular weight excluding hydrogens is 244 g/mol. The molecule has 0 aromatic carbocycles. The normalized spacial score (nSPS) is 21.3. The highest BCUT2D eigenvalue weighted by atomic mass is 16.5. The van der Waals surface area contributed by atoms with Crippen LogP contribution in [-0.2, 0) is 6.54 Å². The highest BCUT2D eigenvalue weighted by molar-refractivity contribution is 5.82. The van der Waals surface area contributed by atoms with Crippen molar-refractivity contribution in [3.63, 3.8) is 0 Å². The number of hydrogen-bond donors (Lipinski definition) is 2. The van der Waals surface area contributed by atoms with Crippen LogP contribution < -0.4 is 10.5 Å². The van der Waals surface area contributed by atoms with Crippen LogP contribution in [0.4, 0.5) is 0 Å². The van der Waals surface area contributed by atoms with Crippen molar-refractivity contribution in [2.24, 2.45) is 16.8 Å². The Morgan fingerprint density at radius 2 is 2.53 bits per heavy atom. The highest BCUT2D eigenvalue weighted by Crippen LogP contribution is 2.21. The van der Waals surface area contributed by atoms with E-state index in [0.29, 0.717) is 11.7 Å². The lowest BCUT2D eigenvalue weighted by molar-refractivity contribution is 0.190. The van der Waals surface area contributed by atoms with Gasteiger partial charge in [-0.05, 0) is 25.5 Å². The second-order valence-corrected chi connectivity index (χ2v) is 4.77. The average Bonchev–Trinajstić information content (AvgIpc) is 2.47. The monoisotopic (exact) mass is 264 g/mol. The summed E-state index contributed by atoms with van der Waals surface area (Å²) in [6, 6.07) is 3.92. The summed E-state index contributed by atoms with van der Waals surface area (Å²) in [7, 11) is 1.63. The Morgan fingerprint density at radius 3 is 3.26 bits per heavy atom. The molecule has 1 aromatic heterocycles. The van der Waals surface area contributed by atoms with Crippen molar-refractivity contribution >= 4 is 5.84 Å². The van der Waals surface area contributed by atoms with E-state index >= 15 is 0 Å². The fourth-order valence-electron chi connectivity index (χ4n) is 2.49. The largest absolute Gasteiger partial charge is 0.481 e. The molecule has 0 saturated carbocycles. The number of rotatable bonds is 4. The molecule has 104 valence electrons. The van der Waals surface area contributed by atoms with Crippen LogP contribution in [0.3, 0.4) is 0 Å². The van der Waals surface area contributed by atoms with Crippen LogP contribution >= 0.6 is 0 Å². The lowest BCUT2D eigenvalue weighted by Crippen LogP contribution is -2.40. The maximum Gasteiger partial charge on any atom is 0.217 e. The molecule has 1 aromatic rings. The second-order valence-electron chi connectivity index (χ2n) is 4.77. The lowest BCUT2D eigenvalue weighted by atomic mass is 9.97. The van der Waals surface area contributed by atoms with E-state index in [4.69, 9.17) is 15.7 Å². The van der Waals surface area contributed by atoms with E-state index in [2.05, 4.69) is 15.0 Å². The van der Waals surface area contributed by atoms with Gasteiger partial charge in [0.1, 0.15) is 5.84 Å². The van der Waals surface area contributed by atoms with Crippen LogP contribution in [0.25, 0.3) is 0 Å². The minimum absolute atomic E-state index is 0.126. The van der Waals surface area contributed by atoms with Crippen molar-refractivity contribution in [3.05, 3.63) is 23.9 Å². The van der Waals surface area contributed by atoms with Crippen molar-refractivity contribution in [1.82, 2.24) is 9.88 Å². The maximum absolute atomic E-state index is 8.76. The van der Waals surface area contributed by atoms with Crippen molar-refractivity contribution in [3.8, 4) is 5.88 Å². The standard InChI is InChI=1S/C13H20N4O2/c1-19-13-11(4-2-6-15-13)9-17-7-3-5-10(8-17)12(14)16-18/h2,4,6,10,18H,3,5,7-9H2,1H3,(H2,14,16). The molecule has 1 aliphatic rings. The molecule has 0 radical (unpaired) electrons. The van der Waals surface area contributed by atoms with Crippen molar-refractivity contribution in [2.75, 3.05) is 20.2 Å². The first-order valence-electron chi connectivity index (χ1n) is 6.42. The Labute approximate surface area is 112 Å². The van der Waals surface area contributed by atoms with Crippen molar-refractivity contribution in [1.29, 1.82) is 0 Å². The summed E-state index contributed by atoms with van der Waals surface area (Å²) in [4.78, 5) is 6.48. The third kappa shape index (κ3) is 3.35. The second kappa shape index (κ2) is 6.38. The number of piperidine rings is 1. The first-order valence-corrected chi connectivity index (χ1v) is 6.42. The molecule has 0 amide bonds. The molecule has 2 heterocycles. The summed E-state index contributed by atoms with van der Waals surface area (Å²) in [5.74, 6) is 1.11. The van der Waals surface area contributed by atoms with Gasteiger partial charge in [0.05, 0.1) is 7.11 Å². The van der Waals surface area contributed by atoms with E-state index in [1.54, 1.807) is 13.3 Å². The molecule has 1 aliphatic heterocycles. The summed E-state index contributed by atoms with van der Waals surface area (Å²) in [6.07, 6.45) is 3.73. The predicted molar refractivity (Wildman–Crippen MR) is 72.2 cm³/mol. The number of pyridine rings is 1. The number of methoxy groups -OCH3 is 1. The van der Waals surface area contributed by atoms with Crippen molar-refractivity contribution < 1.29 is 9.94 Å². The van der Waals surface area contributed by atoms with E-state index in [1.807, 2.05) is 12.1 Å². The number of ether oxygens (including phenoxy) is 1. The molecular formula is C13H20N4O2. The molecule has 0 bridgehead atoms. The minimum atomic E-state index is 0.126. The zero-order valence-electron chi connectivity index (χ0n) is 11.1. The first-order chi connectivity index (χ1) is 9.24. The van der Waals surface area contributed by atoms with E-state index in [0.717, 1.165) is 38.0 Å². The van der Waals surface area contributed by atoms with Gasteiger partial charge in [0.15, 0.2) is 0 Å². The summed E-state index contributed by atoms with van der Waals surface area (Å²) in [6.45, 7) is 2.58. The van der Waals surface area contributed by atoms with E-state index in [-0.39, 0.29) is 5.92 Å². The van der Waals surface area contributed by atoms with Gasteiger partial charge in [-0.3, -0.25) is 4.90 Å². The zero-order chi connectivity index (χ0) is 13.7. The zero-order valence-corrected chi connectivity index (χ0v) is 11.1. The fraction of sp³-hybridized carbons (Fsp3) is 0.538. The van der Waals surface area contributed by atoms with Gasteiger partial charge in [0.25, 0.3) is 0 Å². The first kappa shape index (κ1) is 13.6. The molecule has 6 heteroatoms. The Bertz CT molecular complexity index is 450. The van der Waals surface area contributed by atoms with Gasteiger partial charge in [-0.25, -0.2) is 4.98 Å². The quantitative estimate of drug-likeness (QED) is 0.367. The van der Waals surface area contributed by atoms with Gasteiger partial charge < -0.3 is 15.7 Å². The molecule has 0 spiro atoms. The summed E-state index contributed by atoms with van der Waals surface area (Å²) < 4.78 is 5.26. The van der Waals surface area contributed by atoms with Crippen LogP contribution in [0.1, 0.15) is 18.4 Å².